The maximum Gasteiger partial charge on any atom is 0.244 e. The second kappa shape index (κ2) is 7.92. The van der Waals surface area contributed by atoms with Crippen LogP contribution < -0.4 is 10.2 Å². The second-order valence-corrected chi connectivity index (χ2v) is 6.01. The smallest absolute Gasteiger partial charge is 0.244 e. The average molecular weight is 375 g/mol. The van der Waals surface area contributed by atoms with Gasteiger partial charge >= 0.3 is 0 Å². The summed E-state index contributed by atoms with van der Waals surface area (Å²) in [5, 5.41) is 2.82. The van der Waals surface area contributed by atoms with Gasteiger partial charge in [0, 0.05) is 17.1 Å². The summed E-state index contributed by atoms with van der Waals surface area (Å²) in [7, 11) is 0. The summed E-state index contributed by atoms with van der Waals surface area (Å²) < 4.78 is 0.773. The molecule has 0 aliphatic carbocycles. The van der Waals surface area contributed by atoms with Crippen molar-refractivity contribution in [1.82, 2.24) is 0 Å². The highest BCUT2D eigenvalue weighted by Gasteiger charge is 2.17. The Labute approximate surface area is 144 Å². The van der Waals surface area contributed by atoms with Crippen LogP contribution in [0.15, 0.2) is 53.0 Å². The van der Waals surface area contributed by atoms with Crippen LogP contribution >= 0.6 is 15.9 Å². The number of benzene rings is 2. The monoisotopic (exact) mass is 374 g/mol. The van der Waals surface area contributed by atoms with Gasteiger partial charge < -0.3 is 10.2 Å². The van der Waals surface area contributed by atoms with E-state index in [0.29, 0.717) is 5.69 Å². The lowest BCUT2D eigenvalue weighted by atomic mass is 10.1. The first kappa shape index (κ1) is 17.2. The minimum absolute atomic E-state index is 0.0343. The van der Waals surface area contributed by atoms with Crippen LogP contribution in [0.5, 0.6) is 0 Å². The molecule has 120 valence electrons. The predicted octanol–water partition coefficient (Wildman–Crippen LogP) is 4.00. The molecule has 0 aromatic heterocycles. The van der Waals surface area contributed by atoms with Gasteiger partial charge in [-0.15, -0.1) is 0 Å². The standard InChI is InChI=1S/C18H19BrN2O2/c1-3-14-8-10-15(11-9-14)20-18(23)12-21(13(2)22)17-7-5-4-6-16(17)19/h4-11H,3,12H2,1-2H3,(H,20,23). The molecule has 0 unspecified atom stereocenters. The normalized spacial score (nSPS) is 10.2. The van der Waals surface area contributed by atoms with Crippen molar-refractivity contribution < 1.29 is 9.59 Å². The highest BCUT2D eigenvalue weighted by Crippen LogP contribution is 2.25. The second-order valence-electron chi connectivity index (χ2n) is 5.16. The molecule has 4 nitrogen and oxygen atoms in total. The third kappa shape index (κ3) is 4.66. The minimum atomic E-state index is -0.236. The predicted molar refractivity (Wildman–Crippen MR) is 96.6 cm³/mol. The molecule has 0 spiro atoms. The number of para-hydroxylation sites is 1. The maximum atomic E-state index is 12.2. The number of aryl methyl sites for hydroxylation is 1. The first-order valence-corrected chi connectivity index (χ1v) is 8.22. The molecule has 0 radical (unpaired) electrons. The lowest BCUT2D eigenvalue weighted by Crippen LogP contribution is -2.36. The van der Waals surface area contributed by atoms with Crippen LogP contribution in [-0.2, 0) is 16.0 Å². The number of nitrogens with one attached hydrogen (secondary N) is 1. The molecule has 0 saturated carbocycles. The number of anilines is 2. The SMILES string of the molecule is CCc1ccc(NC(=O)CN(C(C)=O)c2ccccc2Br)cc1. The van der Waals surface area contributed by atoms with Crippen LogP contribution in [-0.4, -0.2) is 18.4 Å². The Morgan fingerprint density at radius 1 is 1.09 bits per heavy atom. The molecular formula is C18H19BrN2O2. The Hall–Kier alpha value is -2.14. The van der Waals surface area contributed by atoms with Crippen LogP contribution in [0.25, 0.3) is 0 Å². The Morgan fingerprint density at radius 3 is 2.30 bits per heavy atom. The Bertz CT molecular complexity index is 698. The van der Waals surface area contributed by atoms with Gasteiger partial charge in [-0.3, -0.25) is 9.59 Å². The number of halogens is 1. The first-order valence-electron chi connectivity index (χ1n) is 7.42. The number of rotatable bonds is 5. The molecule has 1 N–H and O–H groups in total. The Morgan fingerprint density at radius 2 is 1.74 bits per heavy atom. The Kier molecular flexibility index (Phi) is 5.93. The molecule has 2 amide bonds. The van der Waals surface area contributed by atoms with Crippen molar-refractivity contribution in [2.75, 3.05) is 16.8 Å². The molecule has 0 aliphatic rings. The zero-order chi connectivity index (χ0) is 16.8. The van der Waals surface area contributed by atoms with Gasteiger partial charge in [0.1, 0.15) is 6.54 Å². The minimum Gasteiger partial charge on any atom is -0.325 e. The molecule has 5 heteroatoms. The van der Waals surface area contributed by atoms with Gasteiger partial charge in [0.15, 0.2) is 0 Å². The lowest BCUT2D eigenvalue weighted by Gasteiger charge is -2.22. The van der Waals surface area contributed by atoms with Gasteiger partial charge in [0.05, 0.1) is 5.69 Å². The van der Waals surface area contributed by atoms with Gasteiger partial charge in [-0.25, -0.2) is 0 Å². The van der Waals surface area contributed by atoms with Crippen molar-refractivity contribution >= 4 is 39.1 Å². The molecule has 2 aromatic rings. The van der Waals surface area contributed by atoms with E-state index >= 15 is 0 Å². The largest absolute Gasteiger partial charge is 0.325 e. The van der Waals surface area contributed by atoms with Crippen molar-refractivity contribution in [2.24, 2.45) is 0 Å². The van der Waals surface area contributed by atoms with Crippen molar-refractivity contribution in [3.63, 3.8) is 0 Å². The summed E-state index contributed by atoms with van der Waals surface area (Å²) in [5.41, 5.74) is 2.61. The number of nitrogens with zero attached hydrogens (tertiary/aromatic N) is 1. The fourth-order valence-electron chi connectivity index (χ4n) is 2.20. The summed E-state index contributed by atoms with van der Waals surface area (Å²) in [6.07, 6.45) is 0.953. The molecule has 0 fully saturated rings. The number of hydrogen-bond acceptors (Lipinski definition) is 2. The summed E-state index contributed by atoms with van der Waals surface area (Å²) in [6, 6.07) is 15.0. The molecule has 2 aromatic carbocycles. The van der Waals surface area contributed by atoms with Gasteiger partial charge in [-0.05, 0) is 52.2 Å². The van der Waals surface area contributed by atoms with E-state index in [1.54, 1.807) is 6.07 Å². The Balaban J connectivity index is 2.09. The molecule has 23 heavy (non-hydrogen) atoms. The molecule has 0 heterocycles. The van der Waals surface area contributed by atoms with E-state index in [1.165, 1.54) is 17.4 Å². The van der Waals surface area contributed by atoms with Crippen molar-refractivity contribution in [3.05, 3.63) is 58.6 Å². The van der Waals surface area contributed by atoms with Crippen LogP contribution in [0.4, 0.5) is 11.4 Å². The number of carbonyl (C=O) groups is 2. The molecule has 0 aliphatic heterocycles. The van der Waals surface area contributed by atoms with Gasteiger partial charge in [0.25, 0.3) is 0 Å². The fraction of sp³-hybridized carbons (Fsp3) is 0.222. The summed E-state index contributed by atoms with van der Waals surface area (Å²) in [5.74, 6) is -0.423. The first-order chi connectivity index (χ1) is 11.0. The van der Waals surface area contributed by atoms with E-state index in [9.17, 15) is 9.59 Å². The van der Waals surface area contributed by atoms with E-state index in [1.807, 2.05) is 42.5 Å². The summed E-state index contributed by atoms with van der Waals surface area (Å²) >= 11 is 3.41. The van der Waals surface area contributed by atoms with Gasteiger partial charge in [0.2, 0.25) is 11.8 Å². The highest BCUT2D eigenvalue weighted by atomic mass is 79.9. The lowest BCUT2D eigenvalue weighted by molar-refractivity contribution is -0.120. The fourth-order valence-corrected chi connectivity index (χ4v) is 2.70. The molecule has 0 saturated heterocycles. The molecule has 0 atom stereocenters. The maximum absolute atomic E-state index is 12.2. The van der Waals surface area contributed by atoms with E-state index in [0.717, 1.165) is 16.6 Å². The zero-order valence-corrected chi connectivity index (χ0v) is 14.8. The molecule has 2 rings (SSSR count). The zero-order valence-electron chi connectivity index (χ0n) is 13.2. The number of amides is 2. The van der Waals surface area contributed by atoms with Gasteiger partial charge in [-0.2, -0.15) is 0 Å². The third-order valence-corrected chi connectivity index (χ3v) is 4.14. The highest BCUT2D eigenvalue weighted by molar-refractivity contribution is 9.10. The number of carbonyl (C=O) groups excluding carboxylic acids is 2. The van der Waals surface area contributed by atoms with Crippen molar-refractivity contribution in [1.29, 1.82) is 0 Å². The van der Waals surface area contributed by atoms with Crippen LogP contribution in [0.2, 0.25) is 0 Å². The van der Waals surface area contributed by atoms with Gasteiger partial charge in [-0.1, -0.05) is 31.2 Å². The number of hydrogen-bond donors (Lipinski definition) is 1. The average Bonchev–Trinajstić information content (AvgIpc) is 2.54. The van der Waals surface area contributed by atoms with Crippen molar-refractivity contribution in [3.8, 4) is 0 Å². The van der Waals surface area contributed by atoms with Crippen molar-refractivity contribution in [2.45, 2.75) is 20.3 Å². The van der Waals surface area contributed by atoms with E-state index in [-0.39, 0.29) is 18.4 Å². The van der Waals surface area contributed by atoms with E-state index in [2.05, 4.69) is 28.2 Å². The third-order valence-electron chi connectivity index (χ3n) is 3.47. The van der Waals surface area contributed by atoms with Crippen LogP contribution in [0.1, 0.15) is 19.4 Å². The van der Waals surface area contributed by atoms with Crippen LogP contribution in [0.3, 0.4) is 0 Å². The van der Waals surface area contributed by atoms with Crippen LogP contribution in [0, 0.1) is 0 Å². The topological polar surface area (TPSA) is 49.4 Å². The molecule has 0 bridgehead atoms. The van der Waals surface area contributed by atoms with E-state index < -0.39 is 0 Å². The quantitative estimate of drug-likeness (QED) is 0.859. The summed E-state index contributed by atoms with van der Waals surface area (Å²) in [6.45, 7) is 3.49. The summed E-state index contributed by atoms with van der Waals surface area (Å²) in [4.78, 5) is 25.6. The van der Waals surface area contributed by atoms with E-state index in [4.69, 9.17) is 0 Å². The molecular weight excluding hydrogens is 356 g/mol.